The van der Waals surface area contributed by atoms with Crippen LogP contribution in [0.1, 0.15) is 42.9 Å². The minimum Gasteiger partial charge on any atom is -0.508 e. The molecule has 1 heterocycles. The molecule has 7 nitrogen and oxygen atoms in total. The maximum atomic E-state index is 12.9. The van der Waals surface area contributed by atoms with Gasteiger partial charge in [-0.1, -0.05) is 30.2 Å². The fourth-order valence-corrected chi connectivity index (χ4v) is 3.74. The van der Waals surface area contributed by atoms with E-state index in [1.807, 2.05) is 0 Å². The lowest BCUT2D eigenvalue weighted by Gasteiger charge is -2.25. The normalized spacial score (nSPS) is 17.8. The van der Waals surface area contributed by atoms with E-state index in [1.54, 1.807) is 36.4 Å². The number of phenols is 1. The standard InChI is InChI=1S/C23H22ClNO6/c24-16-9-5-15(6-10-16)21(29)19-20(14-7-11-17(26)12-8-14)25(23(31)22(19)30)13-3-1-2-4-18(27)28/h5-12,20,26,29H,1-4,13H2,(H,27,28)/b21-19+. The van der Waals surface area contributed by atoms with Crippen LogP contribution in [-0.2, 0) is 14.4 Å². The van der Waals surface area contributed by atoms with Crippen LogP contribution in [-0.4, -0.2) is 44.4 Å². The number of aromatic hydroxyl groups is 1. The number of ketones is 1. The Morgan fingerprint density at radius 3 is 2.19 bits per heavy atom. The number of likely N-dealkylation sites (tertiary alicyclic amines) is 1. The van der Waals surface area contributed by atoms with Gasteiger partial charge in [0.05, 0.1) is 11.6 Å². The molecule has 8 heteroatoms. The molecule has 0 radical (unpaired) electrons. The van der Waals surface area contributed by atoms with Gasteiger partial charge in [-0.3, -0.25) is 14.4 Å². The number of hydrogen-bond acceptors (Lipinski definition) is 5. The highest BCUT2D eigenvalue weighted by molar-refractivity contribution is 6.46. The minimum absolute atomic E-state index is 0.0343. The van der Waals surface area contributed by atoms with Gasteiger partial charge in [-0.2, -0.15) is 0 Å². The Labute approximate surface area is 184 Å². The Hall–Kier alpha value is -3.32. The zero-order valence-electron chi connectivity index (χ0n) is 16.6. The third-order valence-electron chi connectivity index (χ3n) is 5.16. The molecular formula is C23H22ClNO6. The number of carbonyl (C=O) groups is 3. The largest absolute Gasteiger partial charge is 0.508 e. The van der Waals surface area contributed by atoms with Crippen molar-refractivity contribution in [3.05, 3.63) is 70.3 Å². The van der Waals surface area contributed by atoms with Crippen molar-refractivity contribution >= 4 is 35.0 Å². The molecule has 31 heavy (non-hydrogen) atoms. The molecule has 3 rings (SSSR count). The van der Waals surface area contributed by atoms with Crippen LogP contribution in [0, 0.1) is 0 Å². The van der Waals surface area contributed by atoms with Crippen LogP contribution in [0.5, 0.6) is 5.75 Å². The second-order valence-corrected chi connectivity index (χ2v) is 7.73. The van der Waals surface area contributed by atoms with Crippen molar-refractivity contribution < 1.29 is 29.7 Å². The number of aliphatic carboxylic acids is 1. The lowest BCUT2D eigenvalue weighted by atomic mass is 9.95. The van der Waals surface area contributed by atoms with Crippen molar-refractivity contribution in [3.8, 4) is 5.75 Å². The Balaban J connectivity index is 1.96. The number of carbonyl (C=O) groups excluding carboxylic acids is 2. The molecule has 3 N–H and O–H groups in total. The maximum absolute atomic E-state index is 12.9. The molecule has 1 saturated heterocycles. The first-order valence-electron chi connectivity index (χ1n) is 9.84. The fourth-order valence-electron chi connectivity index (χ4n) is 3.61. The predicted octanol–water partition coefficient (Wildman–Crippen LogP) is 4.11. The lowest BCUT2D eigenvalue weighted by molar-refractivity contribution is -0.140. The lowest BCUT2D eigenvalue weighted by Crippen LogP contribution is -2.30. The number of Topliss-reactive ketones (excluding diaryl/α,β-unsaturated/α-hetero) is 1. The summed E-state index contributed by atoms with van der Waals surface area (Å²) in [6.45, 7) is 0.229. The molecule has 0 saturated carbocycles. The molecular weight excluding hydrogens is 422 g/mol. The first-order chi connectivity index (χ1) is 14.8. The molecule has 1 amide bonds. The van der Waals surface area contributed by atoms with Crippen molar-refractivity contribution in [3.63, 3.8) is 0 Å². The topological polar surface area (TPSA) is 115 Å². The van der Waals surface area contributed by atoms with Crippen molar-refractivity contribution in [2.45, 2.75) is 31.7 Å². The molecule has 1 atom stereocenters. The Kier molecular flexibility index (Phi) is 6.97. The average molecular weight is 444 g/mol. The minimum atomic E-state index is -0.882. The second kappa shape index (κ2) is 9.66. The van der Waals surface area contributed by atoms with E-state index >= 15 is 0 Å². The highest BCUT2D eigenvalue weighted by Crippen LogP contribution is 2.40. The highest BCUT2D eigenvalue weighted by Gasteiger charge is 2.45. The first-order valence-corrected chi connectivity index (χ1v) is 10.2. The van der Waals surface area contributed by atoms with Crippen LogP contribution in [0.3, 0.4) is 0 Å². The number of phenolic OH excluding ortho intramolecular Hbond substituents is 1. The quantitative estimate of drug-likeness (QED) is 0.245. The van der Waals surface area contributed by atoms with Crippen LogP contribution in [0.2, 0.25) is 5.02 Å². The number of carboxylic acids is 1. The van der Waals surface area contributed by atoms with E-state index < -0.39 is 23.7 Å². The number of aliphatic hydroxyl groups is 1. The van der Waals surface area contributed by atoms with Crippen molar-refractivity contribution in [2.24, 2.45) is 0 Å². The smallest absolute Gasteiger partial charge is 0.303 e. The third-order valence-corrected chi connectivity index (χ3v) is 5.41. The Morgan fingerprint density at radius 1 is 0.935 bits per heavy atom. The summed E-state index contributed by atoms with van der Waals surface area (Å²) < 4.78 is 0. The number of halogens is 1. The molecule has 0 aromatic heterocycles. The molecule has 2 aromatic carbocycles. The van der Waals surface area contributed by atoms with Gasteiger partial charge in [-0.25, -0.2) is 0 Å². The van der Waals surface area contributed by atoms with Gasteiger partial charge in [0.1, 0.15) is 11.5 Å². The highest BCUT2D eigenvalue weighted by atomic mass is 35.5. The summed E-state index contributed by atoms with van der Waals surface area (Å²) in [4.78, 5) is 37.7. The second-order valence-electron chi connectivity index (χ2n) is 7.30. The van der Waals surface area contributed by atoms with Crippen LogP contribution in [0.4, 0.5) is 0 Å². The number of benzene rings is 2. The number of unbranched alkanes of at least 4 members (excludes halogenated alkanes) is 2. The van der Waals surface area contributed by atoms with E-state index in [9.17, 15) is 24.6 Å². The average Bonchev–Trinajstić information content (AvgIpc) is 2.99. The van der Waals surface area contributed by atoms with Gasteiger partial charge in [-0.05, 0) is 54.8 Å². The van der Waals surface area contributed by atoms with Crippen LogP contribution < -0.4 is 0 Å². The zero-order chi connectivity index (χ0) is 22.5. The summed E-state index contributed by atoms with van der Waals surface area (Å²) in [6, 6.07) is 11.5. The number of hydrogen-bond donors (Lipinski definition) is 3. The van der Waals surface area contributed by atoms with Gasteiger partial charge in [0.25, 0.3) is 11.7 Å². The molecule has 1 aliphatic rings. The van der Waals surface area contributed by atoms with Gasteiger partial charge < -0.3 is 20.2 Å². The number of rotatable bonds is 8. The van der Waals surface area contributed by atoms with Gasteiger partial charge >= 0.3 is 5.97 Å². The van der Waals surface area contributed by atoms with Crippen LogP contribution in [0.15, 0.2) is 54.1 Å². The van der Waals surface area contributed by atoms with Crippen LogP contribution in [0.25, 0.3) is 5.76 Å². The van der Waals surface area contributed by atoms with Gasteiger partial charge in [-0.15, -0.1) is 0 Å². The number of amides is 1. The summed E-state index contributed by atoms with van der Waals surface area (Å²) in [7, 11) is 0. The summed E-state index contributed by atoms with van der Waals surface area (Å²) in [5.41, 5.74) is 0.884. The molecule has 1 unspecified atom stereocenters. The van der Waals surface area contributed by atoms with E-state index in [4.69, 9.17) is 16.7 Å². The Morgan fingerprint density at radius 2 is 1.58 bits per heavy atom. The molecule has 2 aromatic rings. The fraction of sp³-hybridized carbons (Fsp3) is 0.261. The van der Waals surface area contributed by atoms with Gasteiger partial charge in [0.2, 0.25) is 0 Å². The van der Waals surface area contributed by atoms with Crippen molar-refractivity contribution in [1.82, 2.24) is 4.90 Å². The van der Waals surface area contributed by atoms with E-state index in [0.717, 1.165) is 0 Å². The third kappa shape index (κ3) is 5.06. The summed E-state index contributed by atoms with van der Waals surface area (Å²) in [5.74, 6) is -2.68. The van der Waals surface area contributed by atoms with E-state index in [2.05, 4.69) is 0 Å². The van der Waals surface area contributed by atoms with E-state index in [0.29, 0.717) is 35.4 Å². The number of nitrogens with zero attached hydrogens (tertiary/aromatic N) is 1. The first kappa shape index (κ1) is 22.4. The number of carboxylic acid groups (broad SMARTS) is 1. The summed E-state index contributed by atoms with van der Waals surface area (Å²) >= 11 is 5.91. The van der Waals surface area contributed by atoms with Crippen molar-refractivity contribution in [1.29, 1.82) is 0 Å². The SMILES string of the molecule is O=C(O)CCCCCN1C(=O)C(=O)/C(=C(/O)c2ccc(Cl)cc2)C1c1ccc(O)cc1. The molecule has 0 aliphatic carbocycles. The molecule has 1 fully saturated rings. The summed E-state index contributed by atoms with van der Waals surface area (Å²) in [6.07, 6.45) is 1.59. The molecule has 0 bridgehead atoms. The van der Waals surface area contributed by atoms with Crippen molar-refractivity contribution in [2.75, 3.05) is 6.54 Å². The van der Waals surface area contributed by atoms with E-state index in [-0.39, 0.29) is 30.0 Å². The summed E-state index contributed by atoms with van der Waals surface area (Å²) in [5, 5.41) is 29.8. The van der Waals surface area contributed by atoms with Gasteiger partial charge in [0.15, 0.2) is 0 Å². The van der Waals surface area contributed by atoms with Crippen LogP contribution >= 0.6 is 11.6 Å². The zero-order valence-corrected chi connectivity index (χ0v) is 17.4. The van der Waals surface area contributed by atoms with E-state index in [1.165, 1.54) is 17.0 Å². The molecule has 0 spiro atoms. The predicted molar refractivity (Wildman–Crippen MR) is 115 cm³/mol. The Bertz CT molecular complexity index is 1010. The monoisotopic (exact) mass is 443 g/mol. The number of aliphatic hydroxyl groups excluding tert-OH is 1. The molecule has 162 valence electrons. The molecule has 1 aliphatic heterocycles. The van der Waals surface area contributed by atoms with Gasteiger partial charge in [0, 0.05) is 23.6 Å². The maximum Gasteiger partial charge on any atom is 0.303 e.